The predicted molar refractivity (Wildman–Crippen MR) is 67.8 cm³/mol. The number of benzene rings is 1. The molecule has 0 aliphatic carbocycles. The molecule has 1 aromatic rings. The molecule has 15 heavy (non-hydrogen) atoms. The highest BCUT2D eigenvalue weighted by atomic mass is 35.5. The third kappa shape index (κ3) is 3.11. The van der Waals surface area contributed by atoms with Gasteiger partial charge in [0, 0.05) is 30.3 Å². The Balaban J connectivity index is 3.04. The highest BCUT2D eigenvalue weighted by Crippen LogP contribution is 2.24. The van der Waals surface area contributed by atoms with E-state index in [-0.39, 0.29) is 0 Å². The zero-order chi connectivity index (χ0) is 11.3. The summed E-state index contributed by atoms with van der Waals surface area (Å²) < 4.78 is 0. The number of nitrogens with one attached hydrogen (secondary N) is 1. The van der Waals surface area contributed by atoms with Crippen LogP contribution in [0.1, 0.15) is 19.4 Å². The lowest BCUT2D eigenvalue weighted by molar-refractivity contribution is 0.796. The van der Waals surface area contributed by atoms with Crippen LogP contribution in [-0.2, 0) is 6.54 Å². The first kappa shape index (κ1) is 12.3. The Morgan fingerprint density at radius 1 is 1.27 bits per heavy atom. The minimum absolute atomic E-state index is 0.803. The molecular formula is C12H19ClN2. The number of anilines is 1. The molecule has 84 valence electrons. The molecule has 0 heterocycles. The fourth-order valence-electron chi connectivity index (χ4n) is 1.74. The monoisotopic (exact) mass is 226 g/mol. The molecule has 1 N–H and O–H groups in total. The van der Waals surface area contributed by atoms with Crippen LogP contribution in [-0.4, -0.2) is 20.1 Å². The zero-order valence-electron chi connectivity index (χ0n) is 9.68. The minimum atomic E-state index is 0.803. The van der Waals surface area contributed by atoms with Crippen molar-refractivity contribution in [3.05, 3.63) is 28.8 Å². The summed E-state index contributed by atoms with van der Waals surface area (Å²) in [6.45, 7) is 7.21. The molecule has 0 aromatic heterocycles. The van der Waals surface area contributed by atoms with Gasteiger partial charge in [0.25, 0.3) is 0 Å². The molecule has 0 aliphatic rings. The van der Waals surface area contributed by atoms with Crippen molar-refractivity contribution in [1.29, 1.82) is 0 Å². The van der Waals surface area contributed by atoms with Gasteiger partial charge in [0.15, 0.2) is 0 Å². The van der Waals surface area contributed by atoms with Crippen molar-refractivity contribution in [3.8, 4) is 0 Å². The number of hydrogen-bond acceptors (Lipinski definition) is 2. The zero-order valence-corrected chi connectivity index (χ0v) is 10.4. The van der Waals surface area contributed by atoms with E-state index in [0.29, 0.717) is 0 Å². The van der Waals surface area contributed by atoms with E-state index in [9.17, 15) is 0 Å². The van der Waals surface area contributed by atoms with Crippen molar-refractivity contribution in [2.75, 3.05) is 25.0 Å². The molecule has 0 saturated heterocycles. The molecule has 0 saturated carbocycles. The highest BCUT2D eigenvalue weighted by molar-refractivity contribution is 6.30. The Bertz CT molecular complexity index is 308. The van der Waals surface area contributed by atoms with Gasteiger partial charge in [-0.15, -0.1) is 0 Å². The van der Waals surface area contributed by atoms with Crippen LogP contribution in [0.2, 0.25) is 5.02 Å². The second-order valence-electron chi connectivity index (χ2n) is 3.48. The van der Waals surface area contributed by atoms with Crippen LogP contribution in [0.25, 0.3) is 0 Å². The molecule has 0 unspecified atom stereocenters. The molecule has 1 aromatic carbocycles. The Morgan fingerprint density at radius 3 is 2.47 bits per heavy atom. The number of nitrogens with zero attached hydrogens (tertiary/aromatic N) is 1. The minimum Gasteiger partial charge on any atom is -0.372 e. The Hall–Kier alpha value is -0.730. The third-order valence-electron chi connectivity index (χ3n) is 2.52. The largest absolute Gasteiger partial charge is 0.372 e. The first-order valence-electron chi connectivity index (χ1n) is 5.40. The normalized spacial score (nSPS) is 10.4. The van der Waals surface area contributed by atoms with Gasteiger partial charge in [-0.25, -0.2) is 0 Å². The number of hydrogen-bond donors (Lipinski definition) is 1. The van der Waals surface area contributed by atoms with E-state index in [0.717, 1.165) is 24.7 Å². The van der Waals surface area contributed by atoms with Crippen LogP contribution >= 0.6 is 11.6 Å². The summed E-state index contributed by atoms with van der Waals surface area (Å²) in [5.74, 6) is 0. The quantitative estimate of drug-likeness (QED) is 0.831. The molecule has 0 amide bonds. The maximum absolute atomic E-state index is 6.03. The van der Waals surface area contributed by atoms with Crippen molar-refractivity contribution in [2.24, 2.45) is 0 Å². The van der Waals surface area contributed by atoms with Crippen molar-refractivity contribution in [2.45, 2.75) is 20.4 Å². The first-order chi connectivity index (χ1) is 7.22. The van der Waals surface area contributed by atoms with Crippen LogP contribution in [0.15, 0.2) is 18.2 Å². The average Bonchev–Trinajstić information content (AvgIpc) is 2.24. The van der Waals surface area contributed by atoms with Crippen molar-refractivity contribution >= 4 is 17.3 Å². The SMILES string of the molecule is CCN(CC)c1cc(Cl)ccc1CNC. The Labute approximate surface area is 97.2 Å². The molecule has 0 atom stereocenters. The molecule has 1 rings (SSSR count). The number of rotatable bonds is 5. The molecule has 3 heteroatoms. The first-order valence-corrected chi connectivity index (χ1v) is 5.78. The van der Waals surface area contributed by atoms with Gasteiger partial charge in [0.2, 0.25) is 0 Å². The summed E-state index contributed by atoms with van der Waals surface area (Å²) in [7, 11) is 1.96. The van der Waals surface area contributed by atoms with Gasteiger partial charge < -0.3 is 10.2 Å². The van der Waals surface area contributed by atoms with Crippen molar-refractivity contribution in [3.63, 3.8) is 0 Å². The van der Waals surface area contributed by atoms with Crippen molar-refractivity contribution < 1.29 is 0 Å². The van der Waals surface area contributed by atoms with E-state index < -0.39 is 0 Å². The van der Waals surface area contributed by atoms with E-state index in [2.05, 4.69) is 30.1 Å². The van der Waals surface area contributed by atoms with Crippen LogP contribution in [0, 0.1) is 0 Å². The fraction of sp³-hybridized carbons (Fsp3) is 0.500. The molecular weight excluding hydrogens is 208 g/mol. The lowest BCUT2D eigenvalue weighted by Crippen LogP contribution is -2.24. The molecule has 0 fully saturated rings. The maximum Gasteiger partial charge on any atom is 0.0426 e. The van der Waals surface area contributed by atoms with Gasteiger partial charge in [-0.05, 0) is 38.6 Å². The summed E-state index contributed by atoms with van der Waals surface area (Å²) in [4.78, 5) is 2.32. The fourth-order valence-corrected chi connectivity index (χ4v) is 1.90. The van der Waals surface area contributed by atoms with Crippen LogP contribution < -0.4 is 10.2 Å². The van der Waals surface area contributed by atoms with Crippen LogP contribution in [0.5, 0.6) is 0 Å². The highest BCUT2D eigenvalue weighted by Gasteiger charge is 2.08. The Morgan fingerprint density at radius 2 is 1.93 bits per heavy atom. The maximum atomic E-state index is 6.03. The second-order valence-corrected chi connectivity index (χ2v) is 3.91. The third-order valence-corrected chi connectivity index (χ3v) is 2.75. The summed E-state index contributed by atoms with van der Waals surface area (Å²) in [5.41, 5.74) is 2.53. The van der Waals surface area contributed by atoms with E-state index in [1.807, 2.05) is 19.2 Å². The molecule has 2 nitrogen and oxygen atoms in total. The topological polar surface area (TPSA) is 15.3 Å². The number of halogens is 1. The summed E-state index contributed by atoms with van der Waals surface area (Å²) in [5, 5.41) is 3.98. The van der Waals surface area contributed by atoms with E-state index in [4.69, 9.17) is 11.6 Å². The second kappa shape index (κ2) is 5.99. The van der Waals surface area contributed by atoms with Gasteiger partial charge >= 0.3 is 0 Å². The standard InChI is InChI=1S/C12H19ClN2/c1-4-15(5-2)12-8-11(13)7-6-10(12)9-14-3/h6-8,14H,4-5,9H2,1-3H3. The molecule has 0 bridgehead atoms. The van der Waals surface area contributed by atoms with Crippen LogP contribution in [0.4, 0.5) is 5.69 Å². The van der Waals surface area contributed by atoms with E-state index in [1.54, 1.807) is 0 Å². The van der Waals surface area contributed by atoms with Gasteiger partial charge in [0.05, 0.1) is 0 Å². The van der Waals surface area contributed by atoms with Gasteiger partial charge in [-0.1, -0.05) is 17.7 Å². The van der Waals surface area contributed by atoms with E-state index >= 15 is 0 Å². The predicted octanol–water partition coefficient (Wildman–Crippen LogP) is 2.91. The molecule has 0 aliphatic heterocycles. The summed E-state index contributed by atoms with van der Waals surface area (Å²) in [6.07, 6.45) is 0. The molecule has 0 spiro atoms. The van der Waals surface area contributed by atoms with Crippen LogP contribution in [0.3, 0.4) is 0 Å². The molecule has 0 radical (unpaired) electrons. The summed E-state index contributed by atoms with van der Waals surface area (Å²) >= 11 is 6.03. The van der Waals surface area contributed by atoms with Crippen molar-refractivity contribution in [1.82, 2.24) is 5.32 Å². The van der Waals surface area contributed by atoms with Gasteiger partial charge in [-0.3, -0.25) is 0 Å². The average molecular weight is 227 g/mol. The van der Waals surface area contributed by atoms with Gasteiger partial charge in [0.1, 0.15) is 0 Å². The lowest BCUT2D eigenvalue weighted by atomic mass is 10.1. The van der Waals surface area contributed by atoms with E-state index in [1.165, 1.54) is 11.3 Å². The smallest absolute Gasteiger partial charge is 0.0426 e. The van der Waals surface area contributed by atoms with Gasteiger partial charge in [-0.2, -0.15) is 0 Å². The summed E-state index contributed by atoms with van der Waals surface area (Å²) in [6, 6.07) is 6.08. The lowest BCUT2D eigenvalue weighted by Gasteiger charge is -2.24. The Kier molecular flexibility index (Phi) is 4.92.